The van der Waals surface area contributed by atoms with Gasteiger partial charge in [-0.25, -0.2) is 17.9 Å². The smallest absolute Gasteiger partial charge is 0.338 e. The summed E-state index contributed by atoms with van der Waals surface area (Å²) in [6.07, 6.45) is 0.756. The van der Waals surface area contributed by atoms with E-state index < -0.39 is 22.6 Å². The molecule has 32 heavy (non-hydrogen) atoms. The standard InChI is InChI=1S/C24H22N2O5S/c27-23(26-14-13-19-9-4-5-12-22(19)26)17-31-24(28)20-10-6-11-21(15-20)32(29,30)25-16-18-7-2-1-3-8-18/h1-12,15,25H,13-14,16-17H2. The second-order valence-electron chi connectivity index (χ2n) is 7.34. The van der Waals surface area contributed by atoms with E-state index in [0.717, 1.165) is 23.2 Å². The van der Waals surface area contributed by atoms with Crippen molar-refractivity contribution in [2.75, 3.05) is 18.1 Å². The normalized spacial score (nSPS) is 12.9. The minimum atomic E-state index is -3.83. The van der Waals surface area contributed by atoms with Crippen molar-refractivity contribution in [3.8, 4) is 0 Å². The van der Waals surface area contributed by atoms with E-state index in [4.69, 9.17) is 4.74 Å². The first kappa shape index (κ1) is 21.7. The summed E-state index contributed by atoms with van der Waals surface area (Å²) in [6.45, 7) is 0.247. The molecule has 0 saturated carbocycles. The molecule has 0 spiro atoms. The summed E-state index contributed by atoms with van der Waals surface area (Å²) in [5.74, 6) is -1.08. The molecule has 3 aromatic rings. The summed E-state index contributed by atoms with van der Waals surface area (Å²) in [5, 5.41) is 0. The Morgan fingerprint density at radius 3 is 2.50 bits per heavy atom. The van der Waals surface area contributed by atoms with Crippen LogP contribution in [0.5, 0.6) is 0 Å². The van der Waals surface area contributed by atoms with Crippen molar-refractivity contribution < 1.29 is 22.7 Å². The number of carbonyl (C=O) groups excluding carboxylic acids is 2. The number of para-hydroxylation sites is 1. The van der Waals surface area contributed by atoms with Gasteiger partial charge in [-0.1, -0.05) is 54.6 Å². The Kier molecular flexibility index (Phi) is 6.34. The van der Waals surface area contributed by atoms with Crippen molar-refractivity contribution in [3.63, 3.8) is 0 Å². The Bertz CT molecular complexity index is 1240. The molecule has 0 fully saturated rings. The molecule has 1 aliphatic heterocycles. The SMILES string of the molecule is O=C(OCC(=O)N1CCc2ccccc21)c1cccc(S(=O)(=O)NCc2ccccc2)c1. The quantitative estimate of drug-likeness (QED) is 0.559. The second-order valence-corrected chi connectivity index (χ2v) is 9.11. The summed E-state index contributed by atoms with van der Waals surface area (Å²) in [4.78, 5) is 26.5. The molecule has 4 rings (SSSR count). The van der Waals surface area contributed by atoms with Crippen LogP contribution in [0.1, 0.15) is 21.5 Å². The predicted molar refractivity (Wildman–Crippen MR) is 120 cm³/mol. The first-order valence-electron chi connectivity index (χ1n) is 10.1. The summed E-state index contributed by atoms with van der Waals surface area (Å²) >= 11 is 0. The summed E-state index contributed by atoms with van der Waals surface area (Å²) in [5.41, 5.74) is 2.77. The first-order valence-corrected chi connectivity index (χ1v) is 11.6. The van der Waals surface area contributed by atoms with Gasteiger partial charge in [0.2, 0.25) is 10.0 Å². The monoisotopic (exact) mass is 450 g/mol. The predicted octanol–water partition coefficient (Wildman–Crippen LogP) is 2.91. The highest BCUT2D eigenvalue weighted by Gasteiger charge is 2.25. The van der Waals surface area contributed by atoms with Gasteiger partial charge >= 0.3 is 5.97 Å². The summed E-state index contributed by atoms with van der Waals surface area (Å²) in [7, 11) is -3.83. The van der Waals surface area contributed by atoms with Crippen molar-refractivity contribution in [2.45, 2.75) is 17.9 Å². The largest absolute Gasteiger partial charge is 0.452 e. The van der Waals surface area contributed by atoms with Crippen LogP contribution in [-0.4, -0.2) is 33.4 Å². The molecule has 0 radical (unpaired) electrons. The number of rotatable bonds is 7. The van der Waals surface area contributed by atoms with Crippen molar-refractivity contribution in [1.29, 1.82) is 0 Å². The number of carbonyl (C=O) groups is 2. The fraction of sp³-hybridized carbons (Fsp3) is 0.167. The van der Waals surface area contributed by atoms with Gasteiger partial charge in [0.1, 0.15) is 0 Å². The Morgan fingerprint density at radius 2 is 1.69 bits per heavy atom. The lowest BCUT2D eigenvalue weighted by Gasteiger charge is -2.17. The van der Waals surface area contributed by atoms with Crippen molar-refractivity contribution in [1.82, 2.24) is 4.72 Å². The van der Waals surface area contributed by atoms with E-state index in [1.54, 1.807) is 4.90 Å². The number of esters is 1. The van der Waals surface area contributed by atoms with Gasteiger partial charge in [-0.05, 0) is 41.8 Å². The topological polar surface area (TPSA) is 92.8 Å². The highest BCUT2D eigenvalue weighted by atomic mass is 32.2. The number of nitrogens with zero attached hydrogens (tertiary/aromatic N) is 1. The molecule has 1 N–H and O–H groups in total. The van der Waals surface area contributed by atoms with E-state index in [-0.39, 0.29) is 22.9 Å². The van der Waals surface area contributed by atoms with Gasteiger partial charge in [-0.3, -0.25) is 4.79 Å². The molecule has 0 aliphatic carbocycles. The molecular weight excluding hydrogens is 428 g/mol. The van der Waals surface area contributed by atoms with Gasteiger partial charge in [-0.2, -0.15) is 0 Å². The van der Waals surface area contributed by atoms with E-state index >= 15 is 0 Å². The maximum Gasteiger partial charge on any atom is 0.338 e. The summed E-state index contributed by atoms with van der Waals surface area (Å²) < 4.78 is 32.9. The van der Waals surface area contributed by atoms with Gasteiger partial charge in [0, 0.05) is 18.8 Å². The van der Waals surface area contributed by atoms with E-state index in [9.17, 15) is 18.0 Å². The average Bonchev–Trinajstić information content (AvgIpc) is 3.26. The lowest BCUT2D eigenvalue weighted by Crippen LogP contribution is -2.33. The number of anilines is 1. The Labute approximate surface area is 186 Å². The molecule has 7 nitrogen and oxygen atoms in total. The average molecular weight is 451 g/mol. The number of nitrogens with one attached hydrogen (secondary N) is 1. The van der Waals surface area contributed by atoms with Crippen molar-refractivity contribution in [2.24, 2.45) is 0 Å². The second kappa shape index (κ2) is 9.33. The molecule has 0 atom stereocenters. The van der Waals surface area contributed by atoms with Gasteiger partial charge < -0.3 is 9.64 Å². The van der Waals surface area contributed by atoms with Crippen LogP contribution < -0.4 is 9.62 Å². The zero-order valence-electron chi connectivity index (χ0n) is 17.2. The number of ether oxygens (including phenoxy) is 1. The fourth-order valence-corrected chi connectivity index (χ4v) is 4.60. The van der Waals surface area contributed by atoms with Gasteiger partial charge in [0.25, 0.3) is 5.91 Å². The van der Waals surface area contributed by atoms with E-state index in [1.807, 2.05) is 54.6 Å². The Balaban J connectivity index is 1.38. The molecule has 0 unspecified atom stereocenters. The number of sulfonamides is 1. The van der Waals surface area contributed by atoms with Crippen LogP contribution in [0, 0.1) is 0 Å². The number of amides is 1. The molecule has 8 heteroatoms. The van der Waals surface area contributed by atoms with Crippen LogP contribution in [0.15, 0.2) is 83.8 Å². The van der Waals surface area contributed by atoms with Crippen LogP contribution in [0.25, 0.3) is 0 Å². The lowest BCUT2D eigenvalue weighted by atomic mass is 10.2. The Morgan fingerprint density at radius 1 is 0.938 bits per heavy atom. The molecule has 1 amide bonds. The highest BCUT2D eigenvalue weighted by molar-refractivity contribution is 7.89. The third-order valence-corrected chi connectivity index (χ3v) is 6.60. The van der Waals surface area contributed by atoms with Gasteiger partial charge in [0.15, 0.2) is 6.61 Å². The fourth-order valence-electron chi connectivity index (χ4n) is 3.53. The summed E-state index contributed by atoms with van der Waals surface area (Å²) in [6, 6.07) is 22.3. The zero-order valence-corrected chi connectivity index (χ0v) is 18.0. The minimum Gasteiger partial charge on any atom is -0.452 e. The van der Waals surface area contributed by atoms with E-state index in [0.29, 0.717) is 6.54 Å². The molecule has 0 saturated heterocycles. The van der Waals surface area contributed by atoms with E-state index in [2.05, 4.69) is 4.72 Å². The first-order chi connectivity index (χ1) is 15.4. The molecule has 1 aliphatic rings. The zero-order chi connectivity index (χ0) is 22.6. The molecule has 1 heterocycles. The number of hydrogen-bond donors (Lipinski definition) is 1. The van der Waals surface area contributed by atoms with Crippen LogP contribution >= 0.6 is 0 Å². The van der Waals surface area contributed by atoms with Crippen LogP contribution in [0.4, 0.5) is 5.69 Å². The molecule has 0 bridgehead atoms. The van der Waals surface area contributed by atoms with Crippen molar-refractivity contribution >= 4 is 27.6 Å². The Hall–Kier alpha value is -3.49. The third kappa shape index (κ3) is 4.87. The van der Waals surface area contributed by atoms with Crippen molar-refractivity contribution in [3.05, 3.63) is 95.6 Å². The van der Waals surface area contributed by atoms with Crippen LogP contribution in [0.3, 0.4) is 0 Å². The molecule has 3 aromatic carbocycles. The van der Waals surface area contributed by atoms with Gasteiger partial charge in [-0.15, -0.1) is 0 Å². The maximum absolute atomic E-state index is 12.6. The highest BCUT2D eigenvalue weighted by Crippen LogP contribution is 2.27. The van der Waals surface area contributed by atoms with Crippen LogP contribution in [-0.2, 0) is 32.5 Å². The van der Waals surface area contributed by atoms with Gasteiger partial charge in [0.05, 0.1) is 10.5 Å². The van der Waals surface area contributed by atoms with Crippen LogP contribution in [0.2, 0.25) is 0 Å². The third-order valence-electron chi connectivity index (χ3n) is 5.20. The number of hydrogen-bond acceptors (Lipinski definition) is 5. The van der Waals surface area contributed by atoms with E-state index in [1.165, 1.54) is 24.3 Å². The lowest BCUT2D eigenvalue weighted by molar-refractivity contribution is -0.121. The maximum atomic E-state index is 12.6. The number of fused-ring (bicyclic) bond motifs is 1. The molecule has 0 aromatic heterocycles. The minimum absolute atomic E-state index is 0.0531. The number of benzene rings is 3. The molecular formula is C24H22N2O5S. The molecule has 164 valence electrons.